The second kappa shape index (κ2) is 5.97. The lowest BCUT2D eigenvalue weighted by Crippen LogP contribution is -2.06. The van der Waals surface area contributed by atoms with Gasteiger partial charge in [-0.3, -0.25) is 0 Å². The third-order valence-corrected chi connectivity index (χ3v) is 2.10. The molecule has 0 amide bonds. The number of carboxylic acids is 1. The minimum absolute atomic E-state index is 0.0912. The average molecular weight is 225 g/mol. The molecule has 88 valence electrons. The monoisotopic (exact) mass is 225 g/mol. The number of aliphatic hydroxyl groups is 1. The summed E-state index contributed by atoms with van der Waals surface area (Å²) in [6.07, 6.45) is 0.598. The summed E-state index contributed by atoms with van der Waals surface area (Å²) in [7, 11) is 1.52. The zero-order valence-electron chi connectivity index (χ0n) is 9.06. The lowest BCUT2D eigenvalue weighted by Gasteiger charge is -2.11. The van der Waals surface area contributed by atoms with Crippen LogP contribution in [0.2, 0.25) is 0 Å². The Morgan fingerprint density at radius 1 is 1.50 bits per heavy atom. The molecule has 5 heteroatoms. The molecule has 0 unspecified atom stereocenters. The molecule has 0 radical (unpaired) electrons. The van der Waals surface area contributed by atoms with Crippen molar-refractivity contribution in [2.24, 2.45) is 0 Å². The number of nitrogens with one attached hydrogen (secondary N) is 1. The van der Waals surface area contributed by atoms with E-state index in [-0.39, 0.29) is 12.2 Å². The van der Waals surface area contributed by atoms with Crippen molar-refractivity contribution in [1.82, 2.24) is 0 Å². The van der Waals surface area contributed by atoms with Crippen molar-refractivity contribution >= 4 is 11.7 Å². The van der Waals surface area contributed by atoms with Crippen LogP contribution in [-0.4, -0.2) is 36.4 Å². The Morgan fingerprint density at radius 3 is 2.81 bits per heavy atom. The fourth-order valence-electron chi connectivity index (χ4n) is 1.28. The van der Waals surface area contributed by atoms with E-state index in [2.05, 4.69) is 5.32 Å². The fraction of sp³-hybridized carbons (Fsp3) is 0.364. The number of hydrogen-bond donors (Lipinski definition) is 3. The van der Waals surface area contributed by atoms with Crippen LogP contribution in [0.1, 0.15) is 16.8 Å². The van der Waals surface area contributed by atoms with Gasteiger partial charge in [0.15, 0.2) is 0 Å². The molecule has 16 heavy (non-hydrogen) atoms. The van der Waals surface area contributed by atoms with Gasteiger partial charge in [-0.25, -0.2) is 4.79 Å². The van der Waals surface area contributed by atoms with Crippen LogP contribution in [0.5, 0.6) is 5.75 Å². The Balaban J connectivity index is 2.84. The third-order valence-electron chi connectivity index (χ3n) is 2.10. The first-order chi connectivity index (χ1) is 7.69. The Kier molecular flexibility index (Phi) is 4.60. The van der Waals surface area contributed by atoms with Crippen LogP contribution in [0.3, 0.4) is 0 Å². The molecule has 3 N–H and O–H groups in total. The summed E-state index contributed by atoms with van der Waals surface area (Å²) in [6, 6.07) is 4.60. The number of methoxy groups -OCH3 is 1. The zero-order valence-corrected chi connectivity index (χ0v) is 9.06. The van der Waals surface area contributed by atoms with E-state index in [1.54, 1.807) is 6.07 Å². The van der Waals surface area contributed by atoms with E-state index in [0.717, 1.165) is 0 Å². The number of carboxylic acid groups (broad SMARTS) is 1. The molecular weight excluding hydrogens is 210 g/mol. The predicted molar refractivity (Wildman–Crippen MR) is 60.1 cm³/mol. The van der Waals surface area contributed by atoms with E-state index in [1.807, 2.05) is 0 Å². The molecular formula is C11H15NO4. The number of rotatable bonds is 6. The first-order valence-corrected chi connectivity index (χ1v) is 4.95. The second-order valence-corrected chi connectivity index (χ2v) is 3.22. The average Bonchev–Trinajstić information content (AvgIpc) is 2.29. The molecule has 0 aliphatic heterocycles. The molecule has 1 aromatic carbocycles. The smallest absolute Gasteiger partial charge is 0.335 e. The van der Waals surface area contributed by atoms with Crippen LogP contribution in [0.25, 0.3) is 0 Å². The van der Waals surface area contributed by atoms with Crippen molar-refractivity contribution in [3.05, 3.63) is 23.8 Å². The first kappa shape index (κ1) is 12.3. The van der Waals surface area contributed by atoms with Gasteiger partial charge in [0.05, 0.1) is 18.4 Å². The lowest BCUT2D eigenvalue weighted by molar-refractivity contribution is 0.0697. The molecule has 0 heterocycles. The van der Waals surface area contributed by atoms with Gasteiger partial charge in [-0.15, -0.1) is 0 Å². The van der Waals surface area contributed by atoms with Crippen molar-refractivity contribution in [3.8, 4) is 5.75 Å². The second-order valence-electron chi connectivity index (χ2n) is 3.22. The fourth-order valence-corrected chi connectivity index (χ4v) is 1.28. The molecule has 0 aromatic heterocycles. The van der Waals surface area contributed by atoms with Gasteiger partial charge in [-0.1, -0.05) is 0 Å². The number of aliphatic hydroxyl groups excluding tert-OH is 1. The van der Waals surface area contributed by atoms with E-state index in [1.165, 1.54) is 19.2 Å². The summed E-state index contributed by atoms with van der Waals surface area (Å²) >= 11 is 0. The van der Waals surface area contributed by atoms with Crippen molar-refractivity contribution in [2.75, 3.05) is 25.6 Å². The van der Waals surface area contributed by atoms with Gasteiger partial charge in [-0.2, -0.15) is 0 Å². The van der Waals surface area contributed by atoms with Crippen LogP contribution in [0.4, 0.5) is 5.69 Å². The summed E-state index contributed by atoms with van der Waals surface area (Å²) in [5, 5.41) is 20.5. The molecule has 5 nitrogen and oxygen atoms in total. The highest BCUT2D eigenvalue weighted by Gasteiger charge is 2.08. The Hall–Kier alpha value is -1.75. The minimum Gasteiger partial charge on any atom is -0.495 e. The summed E-state index contributed by atoms with van der Waals surface area (Å²) in [6.45, 7) is 0.657. The van der Waals surface area contributed by atoms with Crippen LogP contribution < -0.4 is 10.1 Å². The first-order valence-electron chi connectivity index (χ1n) is 4.95. The highest BCUT2D eigenvalue weighted by atomic mass is 16.5. The van der Waals surface area contributed by atoms with Gasteiger partial charge in [0.1, 0.15) is 5.75 Å². The summed E-state index contributed by atoms with van der Waals surface area (Å²) in [5.74, 6) is -0.393. The van der Waals surface area contributed by atoms with Gasteiger partial charge in [0, 0.05) is 13.2 Å². The highest BCUT2D eigenvalue weighted by Crippen LogP contribution is 2.25. The molecule has 1 aromatic rings. The van der Waals surface area contributed by atoms with E-state index in [4.69, 9.17) is 14.9 Å². The van der Waals surface area contributed by atoms with Gasteiger partial charge < -0.3 is 20.3 Å². The van der Waals surface area contributed by atoms with Crippen LogP contribution >= 0.6 is 0 Å². The molecule has 0 aliphatic carbocycles. The van der Waals surface area contributed by atoms with Crippen molar-refractivity contribution < 1.29 is 19.7 Å². The van der Waals surface area contributed by atoms with Crippen molar-refractivity contribution in [2.45, 2.75) is 6.42 Å². The number of carbonyl (C=O) groups is 1. The maximum absolute atomic E-state index is 10.8. The number of benzene rings is 1. The van der Waals surface area contributed by atoms with E-state index in [9.17, 15) is 4.79 Å². The van der Waals surface area contributed by atoms with Crippen LogP contribution in [0.15, 0.2) is 18.2 Å². The standard InChI is InChI=1S/C11H15NO4/c1-16-10-4-3-8(11(14)15)7-9(10)12-5-2-6-13/h3-4,7,12-13H,2,5-6H2,1H3,(H,14,15). The van der Waals surface area contributed by atoms with Crippen molar-refractivity contribution in [3.63, 3.8) is 0 Å². The van der Waals surface area contributed by atoms with Crippen molar-refractivity contribution in [1.29, 1.82) is 0 Å². The van der Waals surface area contributed by atoms with Gasteiger partial charge >= 0.3 is 5.97 Å². The maximum atomic E-state index is 10.8. The largest absolute Gasteiger partial charge is 0.495 e. The summed E-state index contributed by atoms with van der Waals surface area (Å²) < 4.78 is 5.09. The number of ether oxygens (including phenoxy) is 1. The number of aromatic carboxylic acids is 1. The third kappa shape index (κ3) is 3.13. The summed E-state index contributed by atoms with van der Waals surface area (Å²) in [5.41, 5.74) is 0.822. The van der Waals surface area contributed by atoms with Gasteiger partial charge in [-0.05, 0) is 24.6 Å². The Labute approximate surface area is 93.7 Å². The minimum atomic E-state index is -0.979. The molecule has 0 bridgehead atoms. The molecule has 0 fully saturated rings. The quantitative estimate of drug-likeness (QED) is 0.634. The van der Waals surface area contributed by atoms with Gasteiger partial charge in [0.2, 0.25) is 0 Å². The van der Waals surface area contributed by atoms with E-state index < -0.39 is 5.97 Å². The number of anilines is 1. The lowest BCUT2D eigenvalue weighted by atomic mass is 10.2. The molecule has 0 spiro atoms. The normalized spacial score (nSPS) is 9.88. The van der Waals surface area contributed by atoms with Crippen LogP contribution in [0, 0.1) is 0 Å². The Morgan fingerprint density at radius 2 is 2.25 bits per heavy atom. The van der Waals surface area contributed by atoms with Gasteiger partial charge in [0.25, 0.3) is 0 Å². The van der Waals surface area contributed by atoms with E-state index in [0.29, 0.717) is 24.4 Å². The van der Waals surface area contributed by atoms with E-state index >= 15 is 0 Å². The summed E-state index contributed by atoms with van der Waals surface area (Å²) in [4.78, 5) is 10.8. The topological polar surface area (TPSA) is 78.8 Å². The SMILES string of the molecule is COc1ccc(C(=O)O)cc1NCCCO. The molecule has 0 saturated heterocycles. The maximum Gasteiger partial charge on any atom is 0.335 e. The van der Waals surface area contributed by atoms with Crippen LogP contribution in [-0.2, 0) is 0 Å². The highest BCUT2D eigenvalue weighted by molar-refractivity contribution is 5.89. The number of hydrogen-bond acceptors (Lipinski definition) is 4. The molecule has 0 aliphatic rings. The molecule has 0 saturated carbocycles. The predicted octanol–water partition coefficient (Wildman–Crippen LogP) is 1.19. The zero-order chi connectivity index (χ0) is 12.0. The molecule has 0 atom stereocenters. The molecule has 1 rings (SSSR count). The Bertz CT molecular complexity index is 365.